The predicted molar refractivity (Wildman–Crippen MR) is 104 cm³/mol. The van der Waals surface area contributed by atoms with Crippen LogP contribution >= 0.6 is 0 Å². The van der Waals surface area contributed by atoms with Crippen LogP contribution in [-0.4, -0.2) is 18.1 Å². The number of para-hydroxylation sites is 1. The molecule has 0 bridgehead atoms. The first kappa shape index (κ1) is 19.4. The van der Waals surface area contributed by atoms with Gasteiger partial charge in [-0.3, -0.25) is 4.79 Å². The number of pyridine rings is 1. The lowest BCUT2D eigenvalue weighted by atomic mass is 10.1. The van der Waals surface area contributed by atoms with E-state index in [4.69, 9.17) is 4.74 Å². The number of nitrogens with zero attached hydrogens (tertiary/aromatic N) is 1. The maximum atomic E-state index is 9.59. The fourth-order valence-electron chi connectivity index (χ4n) is 2.43. The second kappa shape index (κ2) is 10.2. The first-order valence-electron chi connectivity index (χ1n) is 8.73. The molecule has 0 aliphatic carbocycles. The normalized spacial score (nSPS) is 9.96. The summed E-state index contributed by atoms with van der Waals surface area (Å²) in [6.45, 7) is 4.05. The molecule has 0 N–H and O–H groups in total. The van der Waals surface area contributed by atoms with E-state index >= 15 is 0 Å². The van der Waals surface area contributed by atoms with Gasteiger partial charge in [0.05, 0.1) is 18.3 Å². The van der Waals surface area contributed by atoms with Crippen LogP contribution in [0.15, 0.2) is 60.7 Å². The van der Waals surface area contributed by atoms with Crippen LogP contribution in [0.2, 0.25) is 0 Å². The van der Waals surface area contributed by atoms with E-state index in [0.29, 0.717) is 6.61 Å². The van der Waals surface area contributed by atoms with Gasteiger partial charge >= 0.3 is 5.97 Å². The number of carbonyl (C=O) groups excluding carboxylic acids is 1. The van der Waals surface area contributed by atoms with E-state index in [2.05, 4.69) is 40.9 Å². The van der Waals surface area contributed by atoms with Crippen LogP contribution in [0.25, 0.3) is 10.9 Å². The van der Waals surface area contributed by atoms with Crippen molar-refractivity contribution in [3.8, 4) is 5.75 Å². The van der Waals surface area contributed by atoms with Gasteiger partial charge in [0, 0.05) is 12.3 Å². The van der Waals surface area contributed by atoms with Gasteiger partial charge in [-0.15, -0.1) is 0 Å². The van der Waals surface area contributed by atoms with Crippen LogP contribution in [0.4, 0.5) is 0 Å². The number of aromatic nitrogens is 1. The number of fused-ring (bicyclic) bond motifs is 1. The van der Waals surface area contributed by atoms with E-state index in [1.54, 1.807) is 0 Å². The van der Waals surface area contributed by atoms with Crippen LogP contribution in [0.1, 0.15) is 31.5 Å². The van der Waals surface area contributed by atoms with E-state index < -0.39 is 0 Å². The van der Waals surface area contributed by atoms with Crippen molar-refractivity contribution < 1.29 is 14.3 Å². The minimum Gasteiger partial charge on any atom is -0.487 e. The minimum atomic E-state index is -0.245. The largest absolute Gasteiger partial charge is 0.487 e. The number of esters is 1. The third kappa shape index (κ3) is 6.20. The van der Waals surface area contributed by atoms with Gasteiger partial charge in [0.2, 0.25) is 0 Å². The monoisotopic (exact) mass is 351 g/mol. The van der Waals surface area contributed by atoms with Gasteiger partial charge in [-0.05, 0) is 36.2 Å². The number of benzene rings is 2. The molecule has 2 aromatic carbocycles. The molecule has 0 amide bonds. The molecule has 0 aliphatic heterocycles. The summed E-state index contributed by atoms with van der Waals surface area (Å²) < 4.78 is 9.98. The second-order valence-electron chi connectivity index (χ2n) is 5.88. The molecule has 0 spiro atoms. The summed E-state index contributed by atoms with van der Waals surface area (Å²) in [7, 11) is 1.35. The Hall–Kier alpha value is -2.88. The maximum absolute atomic E-state index is 9.59. The maximum Gasteiger partial charge on any atom is 0.302 e. The number of rotatable bonds is 5. The van der Waals surface area contributed by atoms with Gasteiger partial charge in [0.15, 0.2) is 0 Å². The average molecular weight is 351 g/mol. The number of methoxy groups -OCH3 is 1. The molecule has 3 aromatic rings. The molecular weight excluding hydrogens is 326 g/mol. The summed E-state index contributed by atoms with van der Waals surface area (Å²) in [6.07, 6.45) is 2.24. The van der Waals surface area contributed by atoms with E-state index in [1.165, 1.54) is 19.6 Å². The molecule has 0 atom stereocenters. The molecule has 4 heteroatoms. The molecule has 3 rings (SSSR count). The average Bonchev–Trinajstić information content (AvgIpc) is 2.67. The van der Waals surface area contributed by atoms with Gasteiger partial charge in [-0.2, -0.15) is 0 Å². The highest BCUT2D eigenvalue weighted by Crippen LogP contribution is 2.17. The number of ether oxygens (including phenoxy) is 2. The summed E-state index contributed by atoms with van der Waals surface area (Å²) >= 11 is 0. The van der Waals surface area contributed by atoms with E-state index in [-0.39, 0.29) is 5.97 Å². The Morgan fingerprint density at radius 2 is 1.81 bits per heavy atom. The number of hydrogen-bond acceptors (Lipinski definition) is 4. The lowest BCUT2D eigenvalue weighted by Crippen LogP contribution is -1.98. The molecular formula is C22H25NO3. The SMILES string of the molecule is CCCc1cccc(OCc2ccc3ccccc3n2)c1.COC(C)=O. The van der Waals surface area contributed by atoms with Crippen LogP contribution in [0.5, 0.6) is 5.75 Å². The molecule has 136 valence electrons. The highest BCUT2D eigenvalue weighted by Gasteiger charge is 2.01. The summed E-state index contributed by atoms with van der Waals surface area (Å²) in [4.78, 5) is 14.2. The molecule has 0 saturated carbocycles. The molecule has 0 unspecified atom stereocenters. The number of carbonyl (C=O) groups is 1. The smallest absolute Gasteiger partial charge is 0.302 e. The summed E-state index contributed by atoms with van der Waals surface area (Å²) in [5, 5.41) is 1.16. The highest BCUT2D eigenvalue weighted by molar-refractivity contribution is 5.78. The Balaban J connectivity index is 0.000000431. The van der Waals surface area contributed by atoms with Gasteiger partial charge < -0.3 is 9.47 Å². The Morgan fingerprint density at radius 3 is 2.54 bits per heavy atom. The van der Waals surface area contributed by atoms with Crippen molar-refractivity contribution in [3.05, 3.63) is 71.9 Å². The van der Waals surface area contributed by atoms with Crippen molar-refractivity contribution in [2.24, 2.45) is 0 Å². The molecule has 0 aliphatic rings. The molecule has 1 aromatic heterocycles. The lowest BCUT2D eigenvalue weighted by molar-refractivity contribution is -0.137. The standard InChI is InChI=1S/C19H19NO.C3H6O2/c1-2-6-15-7-5-9-18(13-15)21-14-17-12-11-16-8-3-4-10-19(16)20-17;1-3(4)5-2/h3-5,7-13H,2,6,14H2,1H3;1-2H3. The Kier molecular flexibility index (Phi) is 7.62. The molecule has 0 saturated heterocycles. The fourth-order valence-corrected chi connectivity index (χ4v) is 2.43. The van der Waals surface area contributed by atoms with E-state index in [9.17, 15) is 4.79 Å². The third-order valence-electron chi connectivity index (χ3n) is 3.77. The summed E-state index contributed by atoms with van der Waals surface area (Å²) in [5.41, 5.74) is 3.29. The van der Waals surface area contributed by atoms with Crippen molar-refractivity contribution >= 4 is 16.9 Å². The van der Waals surface area contributed by atoms with Crippen LogP contribution in [0, 0.1) is 0 Å². The van der Waals surface area contributed by atoms with Crippen LogP contribution in [0.3, 0.4) is 0 Å². The molecule has 1 heterocycles. The lowest BCUT2D eigenvalue weighted by Gasteiger charge is -2.08. The van der Waals surface area contributed by atoms with E-state index in [1.807, 2.05) is 36.4 Å². The predicted octanol–water partition coefficient (Wildman–Crippen LogP) is 4.95. The van der Waals surface area contributed by atoms with Gasteiger partial charge in [0.1, 0.15) is 12.4 Å². The van der Waals surface area contributed by atoms with Crippen LogP contribution in [-0.2, 0) is 22.6 Å². The van der Waals surface area contributed by atoms with Crippen molar-refractivity contribution in [2.75, 3.05) is 7.11 Å². The topological polar surface area (TPSA) is 48.4 Å². The molecule has 0 fully saturated rings. The Labute approximate surface area is 154 Å². The fraction of sp³-hybridized carbons (Fsp3) is 0.273. The zero-order valence-corrected chi connectivity index (χ0v) is 15.6. The van der Waals surface area contributed by atoms with Crippen LogP contribution < -0.4 is 4.74 Å². The second-order valence-corrected chi connectivity index (χ2v) is 5.88. The highest BCUT2D eigenvalue weighted by atomic mass is 16.5. The van der Waals surface area contributed by atoms with Crippen molar-refractivity contribution in [2.45, 2.75) is 33.3 Å². The first-order valence-corrected chi connectivity index (χ1v) is 8.73. The van der Waals surface area contributed by atoms with Gasteiger partial charge in [-0.25, -0.2) is 4.98 Å². The minimum absolute atomic E-state index is 0.245. The van der Waals surface area contributed by atoms with Gasteiger partial charge in [0.25, 0.3) is 0 Å². The quantitative estimate of drug-likeness (QED) is 0.611. The number of hydrogen-bond donors (Lipinski definition) is 0. The first-order chi connectivity index (χ1) is 12.6. The van der Waals surface area contributed by atoms with Crippen molar-refractivity contribution in [1.29, 1.82) is 0 Å². The molecule has 26 heavy (non-hydrogen) atoms. The Morgan fingerprint density at radius 1 is 1.04 bits per heavy atom. The van der Waals surface area contributed by atoms with Crippen molar-refractivity contribution in [3.63, 3.8) is 0 Å². The molecule has 0 radical (unpaired) electrons. The molecule has 4 nitrogen and oxygen atoms in total. The third-order valence-corrected chi connectivity index (χ3v) is 3.77. The summed E-state index contributed by atoms with van der Waals surface area (Å²) in [6, 6.07) is 20.6. The van der Waals surface area contributed by atoms with E-state index in [0.717, 1.165) is 35.2 Å². The number of aryl methyl sites for hydroxylation is 1. The summed E-state index contributed by atoms with van der Waals surface area (Å²) in [5.74, 6) is 0.668. The van der Waals surface area contributed by atoms with Crippen molar-refractivity contribution in [1.82, 2.24) is 4.98 Å². The Bertz CT molecular complexity index is 845. The zero-order chi connectivity index (χ0) is 18.8. The zero-order valence-electron chi connectivity index (χ0n) is 15.6. The van der Waals surface area contributed by atoms with Gasteiger partial charge in [-0.1, -0.05) is 49.7 Å².